The highest BCUT2D eigenvalue weighted by Crippen LogP contribution is 2.06. The Morgan fingerprint density at radius 2 is 1.80 bits per heavy atom. The van der Waals surface area contributed by atoms with Crippen molar-refractivity contribution in [1.29, 1.82) is 5.26 Å². The molecule has 1 rings (SSSR count). The molecule has 1 atom stereocenters. The molecule has 0 aliphatic heterocycles. The Morgan fingerprint density at radius 1 is 1.20 bits per heavy atom. The third-order valence-corrected chi connectivity index (χ3v) is 2.48. The van der Waals surface area contributed by atoms with Gasteiger partial charge in [0.2, 0.25) is 0 Å². The van der Waals surface area contributed by atoms with Gasteiger partial charge in [0, 0.05) is 5.56 Å². The summed E-state index contributed by atoms with van der Waals surface area (Å²) in [4.78, 5) is 33.1. The van der Waals surface area contributed by atoms with Crippen molar-refractivity contribution in [3.05, 3.63) is 35.4 Å². The summed E-state index contributed by atoms with van der Waals surface area (Å²) in [6, 6.07) is 6.51. The molecule has 104 valence electrons. The average molecular weight is 276 g/mol. The first kappa shape index (κ1) is 15.2. The van der Waals surface area contributed by atoms with Gasteiger partial charge in [-0.05, 0) is 17.7 Å². The van der Waals surface area contributed by atoms with Crippen molar-refractivity contribution in [2.24, 2.45) is 0 Å². The van der Waals surface area contributed by atoms with Crippen LogP contribution >= 0.6 is 0 Å². The Bertz CT molecular complexity index is 559. The van der Waals surface area contributed by atoms with Gasteiger partial charge < -0.3 is 15.5 Å². The third kappa shape index (κ3) is 4.42. The maximum absolute atomic E-state index is 11.8. The molecular formula is C13H12N2O5. The summed E-state index contributed by atoms with van der Waals surface area (Å²) in [5.41, 5.74) is 0.924. The molecule has 0 aliphatic rings. The smallest absolute Gasteiger partial charge is 0.326 e. The first-order valence-electron chi connectivity index (χ1n) is 5.65. The van der Waals surface area contributed by atoms with Gasteiger partial charge in [0.05, 0.1) is 18.9 Å². The number of hydrogen-bond donors (Lipinski definition) is 3. The predicted molar refractivity (Wildman–Crippen MR) is 66.9 cm³/mol. The van der Waals surface area contributed by atoms with Crippen LogP contribution in [0.1, 0.15) is 22.3 Å². The van der Waals surface area contributed by atoms with Crippen molar-refractivity contribution in [3.8, 4) is 6.07 Å². The second-order valence-electron chi connectivity index (χ2n) is 3.99. The monoisotopic (exact) mass is 276 g/mol. The number of nitrogens with zero attached hydrogens (tertiary/aromatic N) is 1. The molecule has 0 saturated carbocycles. The normalized spacial score (nSPS) is 11.2. The minimum absolute atomic E-state index is 0.198. The standard InChI is InChI=1S/C13H12N2O5/c14-6-5-8-1-3-9(4-2-8)12(18)15-10(13(19)20)7-11(16)17/h1-4,10H,5,7H2,(H,15,18)(H,16,17)(H,19,20). The Labute approximate surface area is 114 Å². The van der Waals surface area contributed by atoms with E-state index in [1.165, 1.54) is 12.1 Å². The Morgan fingerprint density at radius 3 is 2.25 bits per heavy atom. The molecule has 1 amide bonds. The second kappa shape index (κ2) is 6.89. The van der Waals surface area contributed by atoms with Crippen LogP contribution in [0.5, 0.6) is 0 Å². The largest absolute Gasteiger partial charge is 0.481 e. The number of nitriles is 1. The van der Waals surface area contributed by atoms with Crippen LogP contribution in [0.25, 0.3) is 0 Å². The second-order valence-corrected chi connectivity index (χ2v) is 3.99. The van der Waals surface area contributed by atoms with Crippen LogP contribution in [0.15, 0.2) is 24.3 Å². The fraction of sp³-hybridized carbons (Fsp3) is 0.231. The van der Waals surface area contributed by atoms with Crippen LogP contribution in [0.4, 0.5) is 0 Å². The molecule has 7 heteroatoms. The van der Waals surface area contributed by atoms with Gasteiger partial charge >= 0.3 is 11.9 Å². The fourth-order valence-corrected chi connectivity index (χ4v) is 1.48. The van der Waals surface area contributed by atoms with E-state index in [-0.39, 0.29) is 12.0 Å². The molecule has 0 fully saturated rings. The van der Waals surface area contributed by atoms with Crippen molar-refractivity contribution in [2.45, 2.75) is 18.9 Å². The Balaban J connectivity index is 2.76. The van der Waals surface area contributed by atoms with Gasteiger partial charge in [-0.25, -0.2) is 4.79 Å². The quantitative estimate of drug-likeness (QED) is 0.690. The number of rotatable bonds is 6. The number of carbonyl (C=O) groups is 3. The molecule has 1 aromatic rings. The van der Waals surface area contributed by atoms with E-state index in [9.17, 15) is 14.4 Å². The van der Waals surface area contributed by atoms with E-state index >= 15 is 0 Å². The van der Waals surface area contributed by atoms with Crippen molar-refractivity contribution in [1.82, 2.24) is 5.32 Å². The summed E-state index contributed by atoms with van der Waals surface area (Å²) in [6.45, 7) is 0. The highest BCUT2D eigenvalue weighted by molar-refractivity contribution is 5.97. The predicted octanol–water partition coefficient (Wildman–Crippen LogP) is 0.410. The first-order chi connectivity index (χ1) is 9.43. The molecule has 0 spiro atoms. The highest BCUT2D eigenvalue weighted by atomic mass is 16.4. The number of carboxylic acids is 2. The molecule has 1 aromatic carbocycles. The summed E-state index contributed by atoms with van der Waals surface area (Å²) in [7, 11) is 0. The lowest BCUT2D eigenvalue weighted by molar-refractivity contribution is -0.145. The molecule has 3 N–H and O–H groups in total. The van der Waals surface area contributed by atoms with Crippen molar-refractivity contribution < 1.29 is 24.6 Å². The molecule has 0 aliphatic carbocycles. The van der Waals surface area contributed by atoms with E-state index in [1.807, 2.05) is 6.07 Å². The van der Waals surface area contributed by atoms with Gasteiger partial charge in [0.15, 0.2) is 0 Å². The lowest BCUT2D eigenvalue weighted by Gasteiger charge is -2.12. The molecule has 0 bridgehead atoms. The Hall–Kier alpha value is -2.88. The minimum atomic E-state index is -1.49. The molecule has 0 radical (unpaired) electrons. The molecule has 20 heavy (non-hydrogen) atoms. The van der Waals surface area contributed by atoms with Crippen molar-refractivity contribution >= 4 is 17.8 Å². The zero-order valence-corrected chi connectivity index (χ0v) is 10.4. The first-order valence-corrected chi connectivity index (χ1v) is 5.65. The van der Waals surface area contributed by atoms with E-state index in [0.29, 0.717) is 0 Å². The zero-order chi connectivity index (χ0) is 15.1. The summed E-state index contributed by atoms with van der Waals surface area (Å²) in [6.07, 6.45) is -0.494. The summed E-state index contributed by atoms with van der Waals surface area (Å²) < 4.78 is 0. The van der Waals surface area contributed by atoms with Gasteiger partial charge in [0.1, 0.15) is 6.04 Å². The van der Waals surface area contributed by atoms with Crippen molar-refractivity contribution in [2.75, 3.05) is 0 Å². The van der Waals surface area contributed by atoms with Gasteiger partial charge in [-0.2, -0.15) is 5.26 Å². The van der Waals surface area contributed by atoms with Crippen LogP contribution in [0.3, 0.4) is 0 Å². The summed E-state index contributed by atoms with van der Waals surface area (Å²) in [5.74, 6) is -3.41. The van der Waals surface area contributed by atoms with Gasteiger partial charge in [-0.3, -0.25) is 9.59 Å². The van der Waals surface area contributed by atoms with Crippen LogP contribution in [-0.2, 0) is 16.0 Å². The third-order valence-electron chi connectivity index (χ3n) is 2.48. The van der Waals surface area contributed by atoms with Crippen LogP contribution in [0, 0.1) is 11.3 Å². The van der Waals surface area contributed by atoms with E-state index in [0.717, 1.165) is 5.56 Å². The van der Waals surface area contributed by atoms with Gasteiger partial charge in [-0.1, -0.05) is 12.1 Å². The fourth-order valence-electron chi connectivity index (χ4n) is 1.48. The maximum Gasteiger partial charge on any atom is 0.326 e. The molecule has 1 unspecified atom stereocenters. The molecular weight excluding hydrogens is 264 g/mol. The van der Waals surface area contributed by atoms with Gasteiger partial charge in [-0.15, -0.1) is 0 Å². The van der Waals surface area contributed by atoms with Crippen LogP contribution < -0.4 is 5.32 Å². The average Bonchev–Trinajstić information content (AvgIpc) is 2.38. The molecule has 0 aromatic heterocycles. The molecule has 7 nitrogen and oxygen atoms in total. The highest BCUT2D eigenvalue weighted by Gasteiger charge is 2.23. The number of benzene rings is 1. The van der Waals surface area contributed by atoms with E-state index in [2.05, 4.69) is 5.32 Å². The van der Waals surface area contributed by atoms with E-state index < -0.39 is 30.3 Å². The minimum Gasteiger partial charge on any atom is -0.481 e. The lowest BCUT2D eigenvalue weighted by atomic mass is 10.1. The molecule has 0 saturated heterocycles. The summed E-state index contributed by atoms with van der Waals surface area (Å²) >= 11 is 0. The zero-order valence-electron chi connectivity index (χ0n) is 10.4. The summed E-state index contributed by atoms with van der Waals surface area (Å²) in [5, 5.41) is 28.0. The van der Waals surface area contributed by atoms with E-state index in [4.69, 9.17) is 15.5 Å². The lowest BCUT2D eigenvalue weighted by Crippen LogP contribution is -2.42. The number of nitrogens with one attached hydrogen (secondary N) is 1. The van der Waals surface area contributed by atoms with Crippen LogP contribution in [0.2, 0.25) is 0 Å². The van der Waals surface area contributed by atoms with E-state index in [1.54, 1.807) is 12.1 Å². The number of carbonyl (C=O) groups excluding carboxylic acids is 1. The number of carboxylic acid groups (broad SMARTS) is 2. The van der Waals surface area contributed by atoms with Crippen LogP contribution in [-0.4, -0.2) is 34.1 Å². The SMILES string of the molecule is N#CCc1ccc(C(=O)NC(CC(=O)O)C(=O)O)cc1. The topological polar surface area (TPSA) is 127 Å². The van der Waals surface area contributed by atoms with Gasteiger partial charge in [0.25, 0.3) is 5.91 Å². The Kier molecular flexibility index (Phi) is 5.23. The molecule has 0 heterocycles. The number of hydrogen-bond acceptors (Lipinski definition) is 4. The number of amides is 1. The van der Waals surface area contributed by atoms with Crippen molar-refractivity contribution in [3.63, 3.8) is 0 Å². The number of aliphatic carboxylic acids is 2. The maximum atomic E-state index is 11.8.